The second-order valence-electron chi connectivity index (χ2n) is 5.15. The number of hydrogen-bond acceptors (Lipinski definition) is 5. The fraction of sp³-hybridized carbons (Fsp3) is 0.429. The topological polar surface area (TPSA) is 122 Å². The summed E-state index contributed by atoms with van der Waals surface area (Å²) in [5.41, 5.74) is 5.49. The average Bonchev–Trinajstić information content (AvgIpc) is 2.54. The quantitative estimate of drug-likeness (QED) is 0.481. The van der Waals surface area contributed by atoms with E-state index in [-0.39, 0.29) is 28.9 Å². The number of amides is 3. The molecule has 1 fully saturated rings. The molecule has 0 spiro atoms. The monoisotopic (exact) mass is 321 g/mol. The predicted molar refractivity (Wildman–Crippen MR) is 84.1 cm³/mol. The molecule has 1 heterocycles. The highest BCUT2D eigenvalue weighted by Gasteiger charge is 2.25. The van der Waals surface area contributed by atoms with Crippen molar-refractivity contribution in [3.05, 3.63) is 33.9 Å². The van der Waals surface area contributed by atoms with E-state index in [9.17, 15) is 19.7 Å². The van der Waals surface area contributed by atoms with Crippen LogP contribution >= 0.6 is 0 Å². The molecular formula is C14H19N5O4. The summed E-state index contributed by atoms with van der Waals surface area (Å²) in [5.74, 6) is -0.302. The Bertz CT molecular complexity index is 626. The molecule has 1 saturated heterocycles. The van der Waals surface area contributed by atoms with Gasteiger partial charge < -0.3 is 20.9 Å². The van der Waals surface area contributed by atoms with Crippen LogP contribution in [0.3, 0.4) is 0 Å². The Kier molecular flexibility index (Phi) is 4.99. The molecule has 1 aliphatic heterocycles. The number of nitrogens with zero attached hydrogens (tertiary/aromatic N) is 3. The molecule has 0 radical (unpaired) electrons. The number of anilines is 1. The molecule has 9 nitrogen and oxygen atoms in total. The van der Waals surface area contributed by atoms with Crippen LogP contribution in [0.2, 0.25) is 0 Å². The Morgan fingerprint density at radius 3 is 2.43 bits per heavy atom. The minimum absolute atomic E-state index is 0.0209. The number of urea groups is 1. The van der Waals surface area contributed by atoms with Gasteiger partial charge in [-0.15, -0.1) is 0 Å². The van der Waals surface area contributed by atoms with Crippen LogP contribution in [0.1, 0.15) is 17.3 Å². The minimum atomic E-state index is -0.612. The van der Waals surface area contributed by atoms with Crippen LogP contribution in [0.4, 0.5) is 16.2 Å². The Morgan fingerprint density at radius 2 is 1.87 bits per heavy atom. The molecule has 3 N–H and O–H groups in total. The van der Waals surface area contributed by atoms with Gasteiger partial charge in [-0.2, -0.15) is 0 Å². The highest BCUT2D eigenvalue weighted by Crippen LogP contribution is 2.23. The second-order valence-corrected chi connectivity index (χ2v) is 5.15. The summed E-state index contributed by atoms with van der Waals surface area (Å²) in [6.45, 7) is 4.00. The first-order valence-corrected chi connectivity index (χ1v) is 7.30. The van der Waals surface area contributed by atoms with Crippen molar-refractivity contribution < 1.29 is 14.5 Å². The van der Waals surface area contributed by atoms with Gasteiger partial charge in [0.05, 0.1) is 4.92 Å². The molecule has 0 saturated carbocycles. The van der Waals surface area contributed by atoms with E-state index in [1.54, 1.807) is 9.80 Å². The fourth-order valence-electron chi connectivity index (χ4n) is 2.39. The summed E-state index contributed by atoms with van der Waals surface area (Å²) >= 11 is 0. The van der Waals surface area contributed by atoms with Crippen LogP contribution < -0.4 is 11.1 Å². The van der Waals surface area contributed by atoms with E-state index in [1.807, 2.05) is 6.92 Å². The lowest BCUT2D eigenvalue weighted by Crippen LogP contribution is -2.53. The van der Waals surface area contributed by atoms with Gasteiger partial charge in [-0.1, -0.05) is 0 Å². The largest absolute Gasteiger partial charge is 0.393 e. The maximum atomic E-state index is 12.4. The first kappa shape index (κ1) is 16.5. The Labute approximate surface area is 133 Å². The van der Waals surface area contributed by atoms with Crippen molar-refractivity contribution in [1.82, 2.24) is 15.1 Å². The number of nitro benzene ring substituents is 1. The number of nitrogen functional groups attached to an aromatic ring is 1. The molecule has 0 atom stereocenters. The van der Waals surface area contributed by atoms with E-state index >= 15 is 0 Å². The van der Waals surface area contributed by atoms with Gasteiger partial charge in [0.25, 0.3) is 11.6 Å². The summed E-state index contributed by atoms with van der Waals surface area (Å²) in [6, 6.07) is 3.87. The van der Waals surface area contributed by atoms with Gasteiger partial charge >= 0.3 is 6.03 Å². The van der Waals surface area contributed by atoms with Crippen LogP contribution in [0.25, 0.3) is 0 Å². The maximum absolute atomic E-state index is 12.4. The van der Waals surface area contributed by atoms with Gasteiger partial charge in [-0.3, -0.25) is 14.9 Å². The van der Waals surface area contributed by atoms with Crippen LogP contribution in [-0.4, -0.2) is 59.4 Å². The molecule has 2 rings (SSSR count). The van der Waals surface area contributed by atoms with Crippen molar-refractivity contribution in [1.29, 1.82) is 0 Å². The number of nitrogens with one attached hydrogen (secondary N) is 1. The number of nitrogens with two attached hydrogens (primary N) is 1. The summed E-state index contributed by atoms with van der Waals surface area (Å²) in [5, 5.41) is 13.6. The lowest BCUT2D eigenvalue weighted by atomic mass is 10.1. The van der Waals surface area contributed by atoms with Crippen LogP contribution in [0, 0.1) is 10.1 Å². The lowest BCUT2D eigenvalue weighted by molar-refractivity contribution is -0.383. The van der Waals surface area contributed by atoms with Crippen LogP contribution in [0.15, 0.2) is 18.2 Å². The van der Waals surface area contributed by atoms with Crippen molar-refractivity contribution in [2.24, 2.45) is 0 Å². The predicted octanol–water partition coefficient (Wildman–Crippen LogP) is 0.664. The van der Waals surface area contributed by atoms with Gasteiger partial charge in [-0.25, -0.2) is 4.79 Å². The van der Waals surface area contributed by atoms with E-state index in [4.69, 9.17) is 5.73 Å². The third-order valence-electron chi connectivity index (χ3n) is 3.66. The average molecular weight is 321 g/mol. The number of rotatable bonds is 3. The lowest BCUT2D eigenvalue weighted by Gasteiger charge is -2.34. The number of benzene rings is 1. The zero-order valence-corrected chi connectivity index (χ0v) is 12.8. The van der Waals surface area contributed by atoms with Gasteiger partial charge in [0.1, 0.15) is 5.69 Å². The molecular weight excluding hydrogens is 302 g/mol. The van der Waals surface area contributed by atoms with Crippen LogP contribution in [-0.2, 0) is 0 Å². The van der Waals surface area contributed by atoms with Gasteiger partial charge in [0, 0.05) is 44.4 Å². The van der Waals surface area contributed by atoms with Crippen molar-refractivity contribution in [2.45, 2.75) is 6.92 Å². The normalized spacial score (nSPS) is 14.5. The van der Waals surface area contributed by atoms with Crippen LogP contribution in [0.5, 0.6) is 0 Å². The molecule has 1 aliphatic rings. The third kappa shape index (κ3) is 3.68. The highest BCUT2D eigenvalue weighted by molar-refractivity contribution is 5.95. The summed E-state index contributed by atoms with van der Waals surface area (Å²) < 4.78 is 0. The first-order chi connectivity index (χ1) is 10.9. The number of nitro groups is 1. The molecule has 1 aromatic rings. The highest BCUT2D eigenvalue weighted by atomic mass is 16.6. The van der Waals surface area contributed by atoms with Gasteiger partial charge in [0.15, 0.2) is 0 Å². The minimum Gasteiger partial charge on any atom is -0.393 e. The van der Waals surface area contributed by atoms with E-state index in [0.717, 1.165) is 0 Å². The van der Waals surface area contributed by atoms with Gasteiger partial charge in [-0.05, 0) is 19.1 Å². The number of piperazine rings is 1. The Morgan fingerprint density at radius 1 is 1.26 bits per heavy atom. The van der Waals surface area contributed by atoms with E-state index in [2.05, 4.69) is 5.32 Å². The fourth-order valence-corrected chi connectivity index (χ4v) is 2.39. The smallest absolute Gasteiger partial charge is 0.317 e. The molecule has 0 bridgehead atoms. The zero-order valence-electron chi connectivity index (χ0n) is 12.8. The molecule has 124 valence electrons. The second kappa shape index (κ2) is 6.95. The number of carbonyl (C=O) groups excluding carboxylic acids is 2. The van der Waals surface area contributed by atoms with Crippen molar-refractivity contribution in [3.8, 4) is 0 Å². The van der Waals surface area contributed by atoms with Crippen molar-refractivity contribution in [2.75, 3.05) is 38.5 Å². The standard InChI is InChI=1S/C14H19N5O4/c1-2-16-14(21)18-7-5-17(6-8-18)13(20)10-3-4-11(15)12(9-10)19(22)23/h3-4,9H,2,5-8,15H2,1H3,(H,16,21). The van der Waals surface area contributed by atoms with E-state index in [1.165, 1.54) is 18.2 Å². The Balaban J connectivity index is 2.04. The molecule has 9 heteroatoms. The van der Waals surface area contributed by atoms with Gasteiger partial charge in [0.2, 0.25) is 0 Å². The van der Waals surface area contributed by atoms with E-state index < -0.39 is 4.92 Å². The summed E-state index contributed by atoms with van der Waals surface area (Å²) in [6.07, 6.45) is 0. The maximum Gasteiger partial charge on any atom is 0.317 e. The molecule has 0 aliphatic carbocycles. The molecule has 23 heavy (non-hydrogen) atoms. The zero-order chi connectivity index (χ0) is 17.0. The summed E-state index contributed by atoms with van der Waals surface area (Å²) in [4.78, 5) is 37.7. The molecule has 0 aromatic heterocycles. The Hall–Kier alpha value is -2.84. The first-order valence-electron chi connectivity index (χ1n) is 7.30. The SMILES string of the molecule is CCNC(=O)N1CCN(C(=O)c2ccc(N)c([N+](=O)[O-])c2)CC1. The van der Waals surface area contributed by atoms with Crippen molar-refractivity contribution >= 4 is 23.3 Å². The molecule has 0 unspecified atom stereocenters. The third-order valence-corrected chi connectivity index (χ3v) is 3.66. The van der Waals surface area contributed by atoms with Crippen molar-refractivity contribution in [3.63, 3.8) is 0 Å². The number of carbonyl (C=O) groups is 2. The molecule has 1 aromatic carbocycles. The van der Waals surface area contributed by atoms with E-state index in [0.29, 0.717) is 32.7 Å². The molecule has 3 amide bonds. The number of hydrogen-bond donors (Lipinski definition) is 2. The summed E-state index contributed by atoms with van der Waals surface area (Å²) in [7, 11) is 0.